The van der Waals surface area contributed by atoms with Crippen molar-refractivity contribution in [3.05, 3.63) is 68.7 Å². The summed E-state index contributed by atoms with van der Waals surface area (Å²) in [5.41, 5.74) is 0.0822. The summed E-state index contributed by atoms with van der Waals surface area (Å²) in [7, 11) is 0. The molecule has 0 saturated carbocycles. The molecule has 0 heterocycles. The largest absolute Gasteiger partial charge is 0.452 e. The number of anilines is 1. The van der Waals surface area contributed by atoms with Crippen LogP contribution in [-0.2, 0) is 9.53 Å². The number of carbonyl (C=O) groups excluding carboxylic acids is 3. The van der Waals surface area contributed by atoms with Gasteiger partial charge in [0.15, 0.2) is 12.4 Å². The fraction of sp³-hybridized carbons (Fsp3) is 0.118. The van der Waals surface area contributed by atoms with Gasteiger partial charge in [0.05, 0.1) is 4.92 Å². The van der Waals surface area contributed by atoms with Crippen LogP contribution in [0, 0.1) is 10.1 Å². The first kappa shape index (κ1) is 19.1. The summed E-state index contributed by atoms with van der Waals surface area (Å²) in [4.78, 5) is 45.2. The van der Waals surface area contributed by atoms with Crippen molar-refractivity contribution in [3.63, 3.8) is 0 Å². The van der Waals surface area contributed by atoms with E-state index in [9.17, 15) is 24.5 Å². The fourth-order valence-electron chi connectivity index (χ4n) is 2.02. The van der Waals surface area contributed by atoms with E-state index in [1.54, 1.807) is 12.1 Å². The number of esters is 1. The molecule has 134 valence electrons. The van der Waals surface area contributed by atoms with Crippen molar-refractivity contribution in [1.29, 1.82) is 0 Å². The summed E-state index contributed by atoms with van der Waals surface area (Å²) >= 11 is 5.67. The van der Waals surface area contributed by atoms with Crippen molar-refractivity contribution in [2.24, 2.45) is 0 Å². The number of nitrogens with one attached hydrogen (secondary N) is 1. The second kappa shape index (κ2) is 8.21. The molecule has 0 aliphatic heterocycles. The van der Waals surface area contributed by atoms with Gasteiger partial charge < -0.3 is 10.1 Å². The molecule has 0 aromatic heterocycles. The molecule has 1 N–H and O–H groups in total. The molecule has 2 rings (SSSR count). The number of nitro groups is 1. The first-order valence-electron chi connectivity index (χ1n) is 7.30. The number of rotatable bonds is 6. The highest BCUT2D eigenvalue weighted by atomic mass is 35.5. The van der Waals surface area contributed by atoms with Crippen LogP contribution in [0.5, 0.6) is 0 Å². The van der Waals surface area contributed by atoms with Crippen molar-refractivity contribution in [3.8, 4) is 0 Å². The minimum Gasteiger partial charge on any atom is -0.452 e. The van der Waals surface area contributed by atoms with Gasteiger partial charge in [0.1, 0.15) is 5.56 Å². The van der Waals surface area contributed by atoms with Crippen molar-refractivity contribution in [2.75, 3.05) is 11.9 Å². The third-order valence-corrected chi connectivity index (χ3v) is 3.52. The molecular formula is C17H13ClN2O6. The Morgan fingerprint density at radius 2 is 1.81 bits per heavy atom. The predicted octanol–water partition coefficient (Wildman–Crippen LogP) is 3.25. The van der Waals surface area contributed by atoms with Crippen LogP contribution in [-0.4, -0.2) is 29.2 Å². The van der Waals surface area contributed by atoms with Gasteiger partial charge in [-0.1, -0.05) is 11.6 Å². The molecule has 0 saturated heterocycles. The number of carbonyl (C=O) groups is 3. The molecule has 0 radical (unpaired) electrons. The van der Waals surface area contributed by atoms with Crippen LogP contribution >= 0.6 is 11.6 Å². The summed E-state index contributed by atoms with van der Waals surface area (Å²) in [5.74, 6) is -1.76. The molecule has 0 aliphatic rings. The lowest BCUT2D eigenvalue weighted by Crippen LogP contribution is -2.21. The number of hydrogen-bond acceptors (Lipinski definition) is 6. The molecular weight excluding hydrogens is 364 g/mol. The lowest BCUT2D eigenvalue weighted by molar-refractivity contribution is -0.385. The van der Waals surface area contributed by atoms with Crippen molar-refractivity contribution in [1.82, 2.24) is 0 Å². The van der Waals surface area contributed by atoms with E-state index in [1.807, 2.05) is 0 Å². The zero-order chi connectivity index (χ0) is 19.3. The highest BCUT2D eigenvalue weighted by Gasteiger charge is 2.22. The number of ketones is 1. The average Bonchev–Trinajstić information content (AvgIpc) is 2.60. The quantitative estimate of drug-likeness (QED) is 0.358. The molecule has 0 unspecified atom stereocenters. The molecule has 0 aliphatic carbocycles. The van der Waals surface area contributed by atoms with Crippen LogP contribution < -0.4 is 5.32 Å². The van der Waals surface area contributed by atoms with E-state index in [4.69, 9.17) is 16.3 Å². The lowest BCUT2D eigenvalue weighted by Gasteiger charge is -2.07. The number of nitrogens with zero attached hydrogens (tertiary/aromatic N) is 1. The molecule has 2 aromatic carbocycles. The number of ether oxygens (including phenoxy) is 1. The van der Waals surface area contributed by atoms with Crippen LogP contribution in [0.4, 0.5) is 11.4 Å². The van der Waals surface area contributed by atoms with Gasteiger partial charge in [0.2, 0.25) is 0 Å². The van der Waals surface area contributed by atoms with Gasteiger partial charge in [-0.3, -0.25) is 19.7 Å². The van der Waals surface area contributed by atoms with Crippen LogP contribution in [0.15, 0.2) is 42.5 Å². The fourth-order valence-corrected chi connectivity index (χ4v) is 2.19. The normalized spacial score (nSPS) is 10.1. The van der Waals surface area contributed by atoms with Crippen LogP contribution in [0.3, 0.4) is 0 Å². The number of amides is 1. The summed E-state index contributed by atoms with van der Waals surface area (Å²) in [6, 6.07) is 9.63. The molecule has 8 nitrogen and oxygen atoms in total. The maximum absolute atomic E-state index is 12.0. The molecule has 26 heavy (non-hydrogen) atoms. The van der Waals surface area contributed by atoms with E-state index >= 15 is 0 Å². The van der Waals surface area contributed by atoms with Crippen molar-refractivity contribution >= 4 is 40.6 Å². The minimum absolute atomic E-state index is 0.0972. The Hall–Kier alpha value is -3.26. The number of halogens is 1. The SMILES string of the molecule is CC(=O)c1ccc(NC(=O)COC(=O)c2ccc(Cl)cc2[N+](=O)[O-])cc1. The van der Waals surface area contributed by atoms with Crippen molar-refractivity contribution in [2.45, 2.75) is 6.92 Å². The van der Waals surface area contributed by atoms with Gasteiger partial charge in [-0.05, 0) is 43.3 Å². The highest BCUT2D eigenvalue weighted by molar-refractivity contribution is 6.31. The lowest BCUT2D eigenvalue weighted by atomic mass is 10.1. The second-order valence-electron chi connectivity index (χ2n) is 5.18. The first-order chi connectivity index (χ1) is 12.3. The topological polar surface area (TPSA) is 116 Å². The van der Waals surface area contributed by atoms with Gasteiger partial charge in [0, 0.05) is 22.3 Å². The monoisotopic (exact) mass is 376 g/mol. The molecule has 2 aromatic rings. The molecule has 0 atom stereocenters. The molecule has 0 spiro atoms. The van der Waals surface area contributed by atoms with Gasteiger partial charge in [0.25, 0.3) is 11.6 Å². The molecule has 0 bridgehead atoms. The highest BCUT2D eigenvalue weighted by Crippen LogP contribution is 2.23. The molecule has 0 fully saturated rings. The zero-order valence-corrected chi connectivity index (χ0v) is 14.3. The summed E-state index contributed by atoms with van der Waals surface area (Å²) < 4.78 is 4.80. The Bertz CT molecular complexity index is 879. The Balaban J connectivity index is 1.98. The first-order valence-corrected chi connectivity index (χ1v) is 7.67. The Kier molecular flexibility index (Phi) is 6.03. The van der Waals surface area contributed by atoms with Crippen LogP contribution in [0.1, 0.15) is 27.6 Å². The van der Waals surface area contributed by atoms with E-state index in [1.165, 1.54) is 25.1 Å². The van der Waals surface area contributed by atoms with E-state index in [0.717, 1.165) is 12.1 Å². The third-order valence-electron chi connectivity index (χ3n) is 3.29. The second-order valence-corrected chi connectivity index (χ2v) is 5.61. The smallest absolute Gasteiger partial charge is 0.345 e. The summed E-state index contributed by atoms with van der Waals surface area (Å²) in [6.07, 6.45) is 0. The standard InChI is InChI=1S/C17H13ClN2O6/c1-10(21)11-2-5-13(6-3-11)19-16(22)9-26-17(23)14-7-4-12(18)8-15(14)20(24)25/h2-8H,9H2,1H3,(H,19,22). The van der Waals surface area contributed by atoms with Crippen molar-refractivity contribution < 1.29 is 24.0 Å². The number of nitro benzene ring substituents is 1. The maximum atomic E-state index is 12.0. The third kappa shape index (κ3) is 4.87. The number of hydrogen-bond donors (Lipinski definition) is 1. The van der Waals surface area contributed by atoms with E-state index in [2.05, 4.69) is 5.32 Å². The summed E-state index contributed by atoms with van der Waals surface area (Å²) in [5, 5.41) is 13.5. The van der Waals surface area contributed by atoms with Gasteiger partial charge in [-0.15, -0.1) is 0 Å². The Labute approximate surface area is 152 Å². The molecule has 1 amide bonds. The van der Waals surface area contributed by atoms with Crippen LogP contribution in [0.25, 0.3) is 0 Å². The van der Waals surface area contributed by atoms with Gasteiger partial charge >= 0.3 is 5.97 Å². The predicted molar refractivity (Wildman–Crippen MR) is 93.5 cm³/mol. The number of benzene rings is 2. The van der Waals surface area contributed by atoms with E-state index < -0.39 is 29.1 Å². The number of Topliss-reactive ketones (excluding diaryl/α,β-unsaturated/α-hetero) is 1. The van der Waals surface area contributed by atoms with E-state index in [-0.39, 0.29) is 16.4 Å². The van der Waals surface area contributed by atoms with Gasteiger partial charge in [-0.2, -0.15) is 0 Å². The zero-order valence-electron chi connectivity index (χ0n) is 13.5. The van der Waals surface area contributed by atoms with Gasteiger partial charge in [-0.25, -0.2) is 4.79 Å². The Morgan fingerprint density at radius 3 is 2.38 bits per heavy atom. The van der Waals surface area contributed by atoms with Crippen LogP contribution in [0.2, 0.25) is 5.02 Å². The minimum atomic E-state index is -1.02. The Morgan fingerprint density at radius 1 is 1.15 bits per heavy atom. The van der Waals surface area contributed by atoms with E-state index in [0.29, 0.717) is 11.3 Å². The average molecular weight is 377 g/mol. The summed E-state index contributed by atoms with van der Waals surface area (Å²) in [6.45, 7) is 0.788. The maximum Gasteiger partial charge on any atom is 0.345 e. The molecule has 9 heteroatoms.